The Balaban J connectivity index is 2.68. The summed E-state index contributed by atoms with van der Waals surface area (Å²) in [5.74, 6) is 0.456. The lowest BCUT2D eigenvalue weighted by Gasteiger charge is -2.32. The standard InChI is InChI=1S/C7H14BrNO2S/c1-6-3-7(8)5-9(4-6)12(2,10)11/h6-7H,3-5H2,1-2H3. The third kappa shape index (κ3) is 2.71. The Morgan fingerprint density at radius 2 is 2.00 bits per heavy atom. The molecule has 12 heavy (non-hydrogen) atoms. The molecular formula is C7H14BrNO2S. The van der Waals surface area contributed by atoms with Gasteiger partial charge in [0.15, 0.2) is 0 Å². The van der Waals surface area contributed by atoms with E-state index in [1.807, 2.05) is 0 Å². The van der Waals surface area contributed by atoms with Crippen LogP contribution in [-0.2, 0) is 10.0 Å². The van der Waals surface area contributed by atoms with Crippen LogP contribution in [0, 0.1) is 5.92 Å². The molecule has 1 aliphatic rings. The molecule has 72 valence electrons. The Bertz CT molecular complexity index is 242. The molecule has 2 unspecified atom stereocenters. The minimum Gasteiger partial charge on any atom is -0.213 e. The van der Waals surface area contributed by atoms with E-state index in [0.717, 1.165) is 6.42 Å². The second kappa shape index (κ2) is 3.64. The fraction of sp³-hybridized carbons (Fsp3) is 1.00. The smallest absolute Gasteiger partial charge is 0.211 e. The van der Waals surface area contributed by atoms with Crippen molar-refractivity contribution < 1.29 is 8.42 Å². The van der Waals surface area contributed by atoms with Gasteiger partial charge in [0, 0.05) is 17.9 Å². The zero-order chi connectivity index (χ0) is 9.35. The first-order valence-corrected chi connectivity index (χ1v) is 6.75. The van der Waals surface area contributed by atoms with Crippen molar-refractivity contribution in [1.29, 1.82) is 0 Å². The number of sulfonamides is 1. The fourth-order valence-corrected chi connectivity index (χ4v) is 3.65. The topological polar surface area (TPSA) is 37.4 Å². The van der Waals surface area contributed by atoms with Crippen LogP contribution in [0.3, 0.4) is 0 Å². The summed E-state index contributed by atoms with van der Waals surface area (Å²) >= 11 is 3.46. The zero-order valence-corrected chi connectivity index (χ0v) is 9.73. The van der Waals surface area contributed by atoms with E-state index in [1.54, 1.807) is 4.31 Å². The average molecular weight is 256 g/mol. The van der Waals surface area contributed by atoms with Crippen molar-refractivity contribution in [2.24, 2.45) is 5.92 Å². The van der Waals surface area contributed by atoms with Crippen LogP contribution in [0.25, 0.3) is 0 Å². The van der Waals surface area contributed by atoms with E-state index in [0.29, 0.717) is 23.8 Å². The molecule has 0 aromatic rings. The number of alkyl halides is 1. The Labute approximate surface area is 82.3 Å². The molecule has 5 heteroatoms. The third-order valence-corrected chi connectivity index (χ3v) is 3.94. The molecule has 0 saturated carbocycles. The van der Waals surface area contributed by atoms with E-state index in [9.17, 15) is 8.42 Å². The molecule has 2 atom stereocenters. The number of halogens is 1. The molecule has 0 bridgehead atoms. The van der Waals surface area contributed by atoms with Crippen molar-refractivity contribution in [1.82, 2.24) is 4.31 Å². The van der Waals surface area contributed by atoms with Crippen molar-refractivity contribution >= 4 is 26.0 Å². The van der Waals surface area contributed by atoms with Crippen molar-refractivity contribution in [2.75, 3.05) is 19.3 Å². The van der Waals surface area contributed by atoms with Gasteiger partial charge in [0.05, 0.1) is 6.26 Å². The first-order chi connectivity index (χ1) is 5.39. The number of piperidine rings is 1. The van der Waals surface area contributed by atoms with E-state index in [1.165, 1.54) is 6.26 Å². The van der Waals surface area contributed by atoms with Gasteiger partial charge in [-0.3, -0.25) is 0 Å². The van der Waals surface area contributed by atoms with E-state index in [2.05, 4.69) is 22.9 Å². The largest absolute Gasteiger partial charge is 0.213 e. The SMILES string of the molecule is CC1CC(Br)CN(S(C)(=O)=O)C1. The molecule has 3 nitrogen and oxygen atoms in total. The quantitative estimate of drug-likeness (QED) is 0.658. The Hall–Kier alpha value is 0.390. The van der Waals surface area contributed by atoms with Gasteiger partial charge in [-0.25, -0.2) is 12.7 Å². The molecule has 1 aliphatic heterocycles. The molecule has 0 amide bonds. The molecule has 1 saturated heterocycles. The van der Waals surface area contributed by atoms with Crippen LogP contribution in [0.2, 0.25) is 0 Å². The van der Waals surface area contributed by atoms with E-state index in [4.69, 9.17) is 0 Å². The third-order valence-electron chi connectivity index (χ3n) is 2.04. The normalized spacial score (nSPS) is 33.6. The van der Waals surface area contributed by atoms with Crippen LogP contribution < -0.4 is 0 Å². The predicted octanol–water partition coefficient (Wildman–Crippen LogP) is 1.05. The summed E-state index contributed by atoms with van der Waals surface area (Å²) in [7, 11) is -2.99. The summed E-state index contributed by atoms with van der Waals surface area (Å²) in [6.07, 6.45) is 2.33. The Kier molecular flexibility index (Phi) is 3.17. The highest BCUT2D eigenvalue weighted by Crippen LogP contribution is 2.23. The van der Waals surface area contributed by atoms with Gasteiger partial charge >= 0.3 is 0 Å². The summed E-state index contributed by atoms with van der Waals surface area (Å²) in [5, 5.41) is 0. The van der Waals surface area contributed by atoms with E-state index >= 15 is 0 Å². The van der Waals surface area contributed by atoms with Gasteiger partial charge in [0.25, 0.3) is 0 Å². The van der Waals surface area contributed by atoms with Crippen LogP contribution in [0.4, 0.5) is 0 Å². The van der Waals surface area contributed by atoms with Gasteiger partial charge in [-0.05, 0) is 12.3 Å². The van der Waals surface area contributed by atoms with Crippen LogP contribution >= 0.6 is 15.9 Å². The first-order valence-electron chi connectivity index (χ1n) is 3.99. The fourth-order valence-electron chi connectivity index (χ4n) is 1.50. The van der Waals surface area contributed by atoms with Crippen LogP contribution in [0.15, 0.2) is 0 Å². The molecule has 0 N–H and O–H groups in total. The van der Waals surface area contributed by atoms with Crippen LogP contribution in [0.5, 0.6) is 0 Å². The summed E-state index contributed by atoms with van der Waals surface area (Å²) in [4.78, 5) is 0.316. The number of rotatable bonds is 1. The molecule has 0 aromatic carbocycles. The predicted molar refractivity (Wildman–Crippen MR) is 52.9 cm³/mol. The highest BCUT2D eigenvalue weighted by molar-refractivity contribution is 9.09. The maximum absolute atomic E-state index is 11.2. The highest BCUT2D eigenvalue weighted by atomic mass is 79.9. The lowest BCUT2D eigenvalue weighted by molar-refractivity contribution is 0.292. The summed E-state index contributed by atoms with van der Waals surface area (Å²) in [5.41, 5.74) is 0. The van der Waals surface area contributed by atoms with Gasteiger partial charge < -0.3 is 0 Å². The molecule has 1 rings (SSSR count). The maximum Gasteiger partial charge on any atom is 0.211 e. The molecule has 1 fully saturated rings. The van der Waals surface area contributed by atoms with Gasteiger partial charge in [-0.1, -0.05) is 22.9 Å². The first kappa shape index (κ1) is 10.5. The van der Waals surface area contributed by atoms with Gasteiger partial charge in [0.1, 0.15) is 0 Å². The average Bonchev–Trinajstić information content (AvgIpc) is 1.82. The summed E-state index contributed by atoms with van der Waals surface area (Å²) in [6, 6.07) is 0. The minimum absolute atomic E-state index is 0.316. The van der Waals surface area contributed by atoms with Crippen LogP contribution in [-0.4, -0.2) is 36.9 Å². The van der Waals surface area contributed by atoms with Crippen molar-refractivity contribution in [2.45, 2.75) is 18.2 Å². The summed E-state index contributed by atoms with van der Waals surface area (Å²) < 4.78 is 23.9. The molecule has 0 aliphatic carbocycles. The van der Waals surface area contributed by atoms with E-state index in [-0.39, 0.29) is 0 Å². The van der Waals surface area contributed by atoms with Gasteiger partial charge in [0.2, 0.25) is 10.0 Å². The van der Waals surface area contributed by atoms with Gasteiger partial charge in [-0.2, -0.15) is 0 Å². The number of hydrogen-bond acceptors (Lipinski definition) is 2. The van der Waals surface area contributed by atoms with Crippen molar-refractivity contribution in [3.8, 4) is 0 Å². The monoisotopic (exact) mass is 255 g/mol. The zero-order valence-electron chi connectivity index (χ0n) is 7.33. The van der Waals surface area contributed by atoms with Gasteiger partial charge in [-0.15, -0.1) is 0 Å². The lowest BCUT2D eigenvalue weighted by Crippen LogP contribution is -2.43. The number of nitrogens with zero attached hydrogens (tertiary/aromatic N) is 1. The van der Waals surface area contributed by atoms with Crippen molar-refractivity contribution in [3.05, 3.63) is 0 Å². The maximum atomic E-state index is 11.2. The second-order valence-electron chi connectivity index (χ2n) is 3.52. The summed E-state index contributed by atoms with van der Waals surface area (Å²) in [6.45, 7) is 3.36. The molecule has 0 radical (unpaired) electrons. The highest BCUT2D eigenvalue weighted by Gasteiger charge is 2.28. The Morgan fingerprint density at radius 1 is 1.42 bits per heavy atom. The number of hydrogen-bond donors (Lipinski definition) is 0. The minimum atomic E-state index is -2.99. The second-order valence-corrected chi connectivity index (χ2v) is 6.80. The molecule has 0 spiro atoms. The molecular weight excluding hydrogens is 242 g/mol. The van der Waals surface area contributed by atoms with Crippen molar-refractivity contribution in [3.63, 3.8) is 0 Å². The Morgan fingerprint density at radius 3 is 2.42 bits per heavy atom. The molecule has 0 aromatic heterocycles. The van der Waals surface area contributed by atoms with Crippen LogP contribution in [0.1, 0.15) is 13.3 Å². The van der Waals surface area contributed by atoms with E-state index < -0.39 is 10.0 Å². The lowest BCUT2D eigenvalue weighted by atomic mass is 10.0. The molecule has 1 heterocycles.